The van der Waals surface area contributed by atoms with Crippen LogP contribution in [0.3, 0.4) is 0 Å². The van der Waals surface area contributed by atoms with E-state index in [-0.39, 0.29) is 37.5 Å². The van der Waals surface area contributed by atoms with Crippen LogP contribution in [0.5, 0.6) is 0 Å². The number of esters is 3. The molecule has 292 valence electrons. The number of carbonyl (C=O) groups is 3. The van der Waals surface area contributed by atoms with Crippen LogP contribution in [0, 0.1) is 0 Å². The number of allylic oxidation sites excluding steroid dienone is 10. The standard InChI is InChI=1S/C45H76O6/c1-4-7-10-13-16-19-20-21-22-23-24-27-29-32-35-38-44(47)50-41-42(51-45(48)39-36-33-30-26-18-15-12-9-6-3)40-49-43(46)37-34-31-28-25-17-14-11-8-5-2/h7,9-10,12-13,16,18-20,26,42H,4-6,8,11,14-15,17,21-25,27-41H2,1-3H3/b10-7-,12-9-,16-13-,20-19-,26-18-. The van der Waals surface area contributed by atoms with Crippen molar-refractivity contribution in [3.63, 3.8) is 0 Å². The molecule has 6 nitrogen and oxygen atoms in total. The topological polar surface area (TPSA) is 78.9 Å². The maximum absolute atomic E-state index is 12.6. The van der Waals surface area contributed by atoms with Gasteiger partial charge in [-0.2, -0.15) is 0 Å². The number of rotatable bonds is 36. The van der Waals surface area contributed by atoms with Crippen LogP contribution in [-0.4, -0.2) is 37.2 Å². The fourth-order valence-corrected chi connectivity index (χ4v) is 5.48. The van der Waals surface area contributed by atoms with Crippen LogP contribution < -0.4 is 0 Å². The Balaban J connectivity index is 4.38. The Labute approximate surface area is 313 Å². The van der Waals surface area contributed by atoms with Crippen LogP contribution in [0.1, 0.15) is 188 Å². The molecule has 0 saturated carbocycles. The lowest BCUT2D eigenvalue weighted by Gasteiger charge is -2.18. The maximum atomic E-state index is 12.6. The number of carbonyl (C=O) groups excluding carboxylic acids is 3. The molecule has 0 amide bonds. The average Bonchev–Trinajstić information content (AvgIpc) is 3.12. The van der Waals surface area contributed by atoms with Crippen LogP contribution >= 0.6 is 0 Å². The molecule has 0 aromatic rings. The average molecular weight is 713 g/mol. The Morgan fingerprint density at radius 2 is 0.863 bits per heavy atom. The highest BCUT2D eigenvalue weighted by Gasteiger charge is 2.19. The first kappa shape index (κ1) is 48.1. The van der Waals surface area contributed by atoms with Gasteiger partial charge in [0.15, 0.2) is 6.10 Å². The molecule has 0 radical (unpaired) electrons. The number of ether oxygens (including phenoxy) is 3. The van der Waals surface area contributed by atoms with E-state index in [0.29, 0.717) is 19.3 Å². The predicted octanol–water partition coefficient (Wildman–Crippen LogP) is 13.0. The first-order valence-electron chi connectivity index (χ1n) is 20.8. The lowest BCUT2D eigenvalue weighted by Crippen LogP contribution is -2.30. The van der Waals surface area contributed by atoms with E-state index in [4.69, 9.17) is 14.2 Å². The summed E-state index contributed by atoms with van der Waals surface area (Å²) in [5.74, 6) is -0.952. The van der Waals surface area contributed by atoms with Gasteiger partial charge in [0.1, 0.15) is 13.2 Å². The second-order valence-corrected chi connectivity index (χ2v) is 13.6. The Hall–Kier alpha value is -2.89. The molecule has 0 aromatic carbocycles. The molecule has 0 spiro atoms. The molecule has 0 saturated heterocycles. The van der Waals surface area contributed by atoms with Crippen LogP contribution in [0.15, 0.2) is 60.8 Å². The summed E-state index contributed by atoms with van der Waals surface area (Å²) in [4.78, 5) is 37.5. The van der Waals surface area contributed by atoms with E-state index in [2.05, 4.69) is 81.5 Å². The molecule has 0 aliphatic carbocycles. The molecular formula is C45H76O6. The predicted molar refractivity (Wildman–Crippen MR) is 215 cm³/mol. The normalized spacial score (nSPS) is 12.6. The van der Waals surface area contributed by atoms with Gasteiger partial charge in [0.25, 0.3) is 0 Å². The second-order valence-electron chi connectivity index (χ2n) is 13.6. The van der Waals surface area contributed by atoms with Crippen molar-refractivity contribution < 1.29 is 28.6 Å². The molecule has 51 heavy (non-hydrogen) atoms. The van der Waals surface area contributed by atoms with Gasteiger partial charge in [-0.15, -0.1) is 0 Å². The van der Waals surface area contributed by atoms with Crippen molar-refractivity contribution in [2.45, 2.75) is 194 Å². The third-order valence-corrected chi connectivity index (χ3v) is 8.58. The number of unbranched alkanes of at least 4 members (excludes halogenated alkanes) is 17. The SMILES string of the molecule is CC\C=C/C=C\C=C/CCCCCCCCCC(=O)OCC(COC(=O)CCCCCCCCCCC)OC(=O)CCCC/C=C\C/C=C\CC. The molecule has 0 aliphatic heterocycles. The van der Waals surface area contributed by atoms with Gasteiger partial charge in [-0.1, -0.05) is 165 Å². The van der Waals surface area contributed by atoms with Crippen LogP contribution in [0.25, 0.3) is 0 Å². The van der Waals surface area contributed by atoms with Crippen molar-refractivity contribution in [2.75, 3.05) is 13.2 Å². The van der Waals surface area contributed by atoms with E-state index in [1.807, 2.05) is 0 Å². The summed E-state index contributed by atoms with van der Waals surface area (Å²) in [6.07, 6.45) is 46.4. The summed E-state index contributed by atoms with van der Waals surface area (Å²) in [5, 5.41) is 0. The molecule has 1 unspecified atom stereocenters. The summed E-state index contributed by atoms with van der Waals surface area (Å²) in [6, 6.07) is 0. The van der Waals surface area contributed by atoms with Crippen LogP contribution in [-0.2, 0) is 28.6 Å². The highest BCUT2D eigenvalue weighted by atomic mass is 16.6. The zero-order valence-corrected chi connectivity index (χ0v) is 33.1. The van der Waals surface area contributed by atoms with Gasteiger partial charge >= 0.3 is 17.9 Å². The monoisotopic (exact) mass is 713 g/mol. The third kappa shape index (κ3) is 38.2. The zero-order chi connectivity index (χ0) is 37.3. The summed E-state index contributed by atoms with van der Waals surface area (Å²) < 4.78 is 16.6. The Kier molecular flexibility index (Phi) is 37.6. The van der Waals surface area contributed by atoms with E-state index in [9.17, 15) is 14.4 Å². The van der Waals surface area contributed by atoms with E-state index < -0.39 is 6.10 Å². The van der Waals surface area contributed by atoms with Crippen LogP contribution in [0.2, 0.25) is 0 Å². The summed E-state index contributed by atoms with van der Waals surface area (Å²) >= 11 is 0. The number of hydrogen-bond acceptors (Lipinski definition) is 6. The summed E-state index contributed by atoms with van der Waals surface area (Å²) in [5.41, 5.74) is 0. The molecule has 0 aliphatic rings. The first-order chi connectivity index (χ1) is 25.0. The maximum Gasteiger partial charge on any atom is 0.306 e. The molecule has 0 N–H and O–H groups in total. The minimum absolute atomic E-state index is 0.0912. The molecule has 0 fully saturated rings. The minimum atomic E-state index is -0.789. The lowest BCUT2D eigenvalue weighted by atomic mass is 10.1. The Morgan fingerprint density at radius 1 is 0.431 bits per heavy atom. The largest absolute Gasteiger partial charge is 0.462 e. The van der Waals surface area contributed by atoms with E-state index in [1.165, 1.54) is 64.2 Å². The Bertz CT molecular complexity index is 960. The van der Waals surface area contributed by atoms with Crippen molar-refractivity contribution in [3.8, 4) is 0 Å². The van der Waals surface area contributed by atoms with Crippen molar-refractivity contribution in [2.24, 2.45) is 0 Å². The van der Waals surface area contributed by atoms with Crippen molar-refractivity contribution in [1.29, 1.82) is 0 Å². The summed E-state index contributed by atoms with van der Waals surface area (Å²) in [6.45, 7) is 6.29. The lowest BCUT2D eigenvalue weighted by molar-refractivity contribution is -0.167. The fourth-order valence-electron chi connectivity index (χ4n) is 5.48. The molecular weight excluding hydrogens is 636 g/mol. The van der Waals surface area contributed by atoms with Crippen molar-refractivity contribution >= 4 is 17.9 Å². The highest BCUT2D eigenvalue weighted by Crippen LogP contribution is 2.13. The van der Waals surface area contributed by atoms with E-state index in [0.717, 1.165) is 77.0 Å². The molecule has 0 rings (SSSR count). The van der Waals surface area contributed by atoms with Gasteiger partial charge in [0.05, 0.1) is 0 Å². The van der Waals surface area contributed by atoms with Gasteiger partial charge in [0, 0.05) is 19.3 Å². The molecule has 0 aromatic heterocycles. The fraction of sp³-hybridized carbons (Fsp3) is 0.711. The molecule has 0 bridgehead atoms. The highest BCUT2D eigenvalue weighted by molar-refractivity contribution is 5.71. The van der Waals surface area contributed by atoms with E-state index >= 15 is 0 Å². The molecule has 1 atom stereocenters. The van der Waals surface area contributed by atoms with Gasteiger partial charge in [0.2, 0.25) is 0 Å². The Morgan fingerprint density at radius 3 is 1.43 bits per heavy atom. The van der Waals surface area contributed by atoms with Gasteiger partial charge in [-0.25, -0.2) is 0 Å². The van der Waals surface area contributed by atoms with Crippen molar-refractivity contribution in [1.82, 2.24) is 0 Å². The van der Waals surface area contributed by atoms with Crippen molar-refractivity contribution in [3.05, 3.63) is 60.8 Å². The van der Waals surface area contributed by atoms with Crippen LogP contribution in [0.4, 0.5) is 0 Å². The van der Waals surface area contributed by atoms with Gasteiger partial charge < -0.3 is 14.2 Å². The minimum Gasteiger partial charge on any atom is -0.462 e. The number of hydrogen-bond donors (Lipinski definition) is 0. The molecule has 0 heterocycles. The first-order valence-corrected chi connectivity index (χ1v) is 20.8. The zero-order valence-electron chi connectivity index (χ0n) is 33.1. The quantitative estimate of drug-likeness (QED) is 0.0211. The summed E-state index contributed by atoms with van der Waals surface area (Å²) in [7, 11) is 0. The van der Waals surface area contributed by atoms with E-state index in [1.54, 1.807) is 0 Å². The van der Waals surface area contributed by atoms with Gasteiger partial charge in [-0.05, 0) is 64.2 Å². The second kappa shape index (κ2) is 39.9. The molecule has 6 heteroatoms. The third-order valence-electron chi connectivity index (χ3n) is 8.58. The smallest absolute Gasteiger partial charge is 0.306 e. The van der Waals surface area contributed by atoms with Gasteiger partial charge in [-0.3, -0.25) is 14.4 Å².